The summed E-state index contributed by atoms with van der Waals surface area (Å²) in [6.45, 7) is 1.12. The van der Waals surface area contributed by atoms with E-state index in [-0.39, 0.29) is 0 Å². The van der Waals surface area contributed by atoms with Crippen LogP contribution in [-0.2, 0) is 0 Å². The number of ether oxygens (including phenoxy) is 2. The van der Waals surface area contributed by atoms with Gasteiger partial charge in [0.25, 0.3) is 0 Å². The Kier molecular flexibility index (Phi) is 2.99. The van der Waals surface area contributed by atoms with Crippen LogP contribution >= 0.6 is 12.2 Å². The number of H-pyrrole nitrogens is 2. The fourth-order valence-corrected chi connectivity index (χ4v) is 3.17. The summed E-state index contributed by atoms with van der Waals surface area (Å²) in [5, 5.41) is 14.7. The van der Waals surface area contributed by atoms with Crippen LogP contribution in [0.15, 0.2) is 24.3 Å². The minimum absolute atomic E-state index is 0.512. The summed E-state index contributed by atoms with van der Waals surface area (Å²) in [6, 6.07) is 7.80. The summed E-state index contributed by atoms with van der Waals surface area (Å²) < 4.78 is 13.6. The summed E-state index contributed by atoms with van der Waals surface area (Å²) in [6.07, 6.45) is 2.44. The van der Waals surface area contributed by atoms with E-state index in [9.17, 15) is 0 Å². The van der Waals surface area contributed by atoms with Crippen molar-refractivity contribution >= 4 is 12.2 Å². The summed E-state index contributed by atoms with van der Waals surface area (Å²) in [5.41, 5.74) is 2.80. The van der Waals surface area contributed by atoms with Gasteiger partial charge in [-0.15, -0.1) is 0 Å². The average molecular weight is 341 g/mol. The summed E-state index contributed by atoms with van der Waals surface area (Å²) in [7, 11) is 0. The quantitative estimate of drug-likeness (QED) is 0.716. The Hall–Kier alpha value is -2.61. The van der Waals surface area contributed by atoms with Crippen molar-refractivity contribution in [1.82, 2.24) is 25.0 Å². The highest BCUT2D eigenvalue weighted by atomic mass is 32.1. The van der Waals surface area contributed by atoms with Crippen LogP contribution in [0.25, 0.3) is 17.2 Å². The topological polar surface area (TPSA) is 80.8 Å². The third-order valence-electron chi connectivity index (χ3n) is 4.30. The molecular formula is C16H15N5O2S. The van der Waals surface area contributed by atoms with Crippen molar-refractivity contribution in [2.45, 2.75) is 18.8 Å². The van der Waals surface area contributed by atoms with E-state index in [0.29, 0.717) is 35.5 Å². The van der Waals surface area contributed by atoms with Crippen molar-refractivity contribution in [1.29, 1.82) is 0 Å². The first kappa shape index (κ1) is 13.8. The van der Waals surface area contributed by atoms with E-state index in [1.807, 2.05) is 22.8 Å². The van der Waals surface area contributed by atoms with Crippen molar-refractivity contribution in [3.63, 3.8) is 0 Å². The van der Waals surface area contributed by atoms with Crippen LogP contribution in [0.4, 0.5) is 0 Å². The number of nitrogens with zero attached hydrogens (tertiary/aromatic N) is 3. The molecule has 8 heteroatoms. The first-order chi connectivity index (χ1) is 11.8. The van der Waals surface area contributed by atoms with Crippen molar-refractivity contribution in [2.75, 3.05) is 13.2 Å². The summed E-state index contributed by atoms with van der Waals surface area (Å²) in [4.78, 5) is 0. The maximum atomic E-state index is 5.67. The summed E-state index contributed by atoms with van der Waals surface area (Å²) >= 11 is 5.42. The maximum Gasteiger partial charge on any atom is 0.200 e. The molecule has 2 aromatic heterocycles. The van der Waals surface area contributed by atoms with Gasteiger partial charge in [0.2, 0.25) is 0 Å². The number of benzene rings is 1. The Labute approximate surface area is 142 Å². The standard InChI is InChI=1S/C16H15N5O2S/c24-16-20-19-15(12-8-11(17-18-12)9-1-2-9)21(16)10-3-4-13-14(7-10)23-6-5-22-13/h3-4,7-9H,1-2,5-6H2,(H,17,18)(H,20,24). The van der Waals surface area contributed by atoms with Gasteiger partial charge in [-0.05, 0) is 43.3 Å². The lowest BCUT2D eigenvalue weighted by Gasteiger charge is -2.19. The minimum atomic E-state index is 0.512. The second-order valence-electron chi connectivity index (χ2n) is 6.00. The van der Waals surface area contributed by atoms with Gasteiger partial charge in [0.15, 0.2) is 22.1 Å². The van der Waals surface area contributed by atoms with Crippen LogP contribution in [-0.4, -0.2) is 38.2 Å². The van der Waals surface area contributed by atoms with Gasteiger partial charge in [-0.1, -0.05) is 0 Å². The van der Waals surface area contributed by atoms with Gasteiger partial charge in [-0.2, -0.15) is 10.2 Å². The molecule has 24 heavy (non-hydrogen) atoms. The third kappa shape index (κ3) is 2.22. The number of nitrogens with one attached hydrogen (secondary N) is 2. The van der Waals surface area contributed by atoms with E-state index in [1.165, 1.54) is 12.8 Å². The van der Waals surface area contributed by atoms with Crippen molar-refractivity contribution in [2.24, 2.45) is 0 Å². The van der Waals surface area contributed by atoms with Crippen LogP contribution < -0.4 is 9.47 Å². The Bertz CT molecular complexity index is 969. The molecule has 7 nitrogen and oxygen atoms in total. The molecule has 2 N–H and O–H groups in total. The third-order valence-corrected chi connectivity index (χ3v) is 4.57. The van der Waals surface area contributed by atoms with E-state index in [0.717, 1.165) is 22.8 Å². The first-order valence-electron chi connectivity index (χ1n) is 7.93. The molecule has 1 aliphatic heterocycles. The van der Waals surface area contributed by atoms with E-state index in [2.05, 4.69) is 26.5 Å². The van der Waals surface area contributed by atoms with Crippen LogP contribution in [0, 0.1) is 4.77 Å². The molecule has 0 spiro atoms. The monoisotopic (exact) mass is 341 g/mol. The molecule has 122 valence electrons. The molecule has 0 atom stereocenters. The van der Waals surface area contributed by atoms with Gasteiger partial charge in [-0.25, -0.2) is 0 Å². The first-order valence-corrected chi connectivity index (χ1v) is 8.33. The number of fused-ring (bicyclic) bond motifs is 1. The van der Waals surface area contributed by atoms with Crippen LogP contribution in [0.5, 0.6) is 11.5 Å². The lowest BCUT2D eigenvalue weighted by atomic mass is 10.2. The molecule has 1 aliphatic carbocycles. The maximum absolute atomic E-state index is 5.67. The molecule has 2 aliphatic rings. The van der Waals surface area contributed by atoms with E-state index < -0.39 is 0 Å². The smallest absolute Gasteiger partial charge is 0.200 e. The molecule has 0 radical (unpaired) electrons. The molecule has 3 heterocycles. The molecule has 3 aromatic rings. The number of hydrogen-bond acceptors (Lipinski definition) is 5. The van der Waals surface area contributed by atoms with Crippen molar-refractivity contribution in [3.8, 4) is 28.7 Å². The predicted octanol–water partition coefficient (Wildman–Crippen LogP) is 2.97. The molecule has 0 amide bonds. The zero-order valence-electron chi connectivity index (χ0n) is 12.8. The number of rotatable bonds is 3. The number of aromatic amines is 2. The van der Waals surface area contributed by atoms with Crippen molar-refractivity contribution in [3.05, 3.63) is 34.7 Å². The molecule has 1 saturated carbocycles. The fourth-order valence-electron chi connectivity index (χ4n) is 2.93. The molecule has 1 aromatic carbocycles. The predicted molar refractivity (Wildman–Crippen MR) is 89.3 cm³/mol. The zero-order valence-corrected chi connectivity index (χ0v) is 13.6. The van der Waals surface area contributed by atoms with Gasteiger partial charge in [-0.3, -0.25) is 14.8 Å². The lowest BCUT2D eigenvalue weighted by Crippen LogP contribution is -2.15. The SMILES string of the molecule is S=c1[nH]nc(-c2cc(C3CC3)[nH]n2)n1-c1ccc2c(c1)OCCO2. The highest BCUT2D eigenvalue weighted by molar-refractivity contribution is 7.71. The van der Waals surface area contributed by atoms with Gasteiger partial charge < -0.3 is 9.47 Å². The van der Waals surface area contributed by atoms with Gasteiger partial charge in [0, 0.05) is 17.7 Å². The van der Waals surface area contributed by atoms with E-state index >= 15 is 0 Å². The Morgan fingerprint density at radius 1 is 1.04 bits per heavy atom. The normalized spacial score (nSPS) is 16.3. The largest absolute Gasteiger partial charge is 0.486 e. The van der Waals surface area contributed by atoms with Gasteiger partial charge in [0.1, 0.15) is 18.9 Å². The number of aromatic nitrogens is 5. The second kappa shape index (κ2) is 5.20. The molecule has 0 saturated heterocycles. The summed E-state index contributed by atoms with van der Waals surface area (Å²) in [5.74, 6) is 2.75. The highest BCUT2D eigenvalue weighted by Crippen LogP contribution is 2.40. The van der Waals surface area contributed by atoms with Gasteiger partial charge >= 0.3 is 0 Å². The van der Waals surface area contributed by atoms with Gasteiger partial charge in [0.05, 0.1) is 5.69 Å². The molecular weight excluding hydrogens is 326 g/mol. The van der Waals surface area contributed by atoms with Crippen LogP contribution in [0.3, 0.4) is 0 Å². The Balaban J connectivity index is 1.60. The van der Waals surface area contributed by atoms with Crippen LogP contribution in [0.1, 0.15) is 24.5 Å². The fraction of sp³-hybridized carbons (Fsp3) is 0.312. The Morgan fingerprint density at radius 2 is 1.88 bits per heavy atom. The molecule has 5 rings (SSSR count). The van der Waals surface area contributed by atoms with Crippen LogP contribution in [0.2, 0.25) is 0 Å². The lowest BCUT2D eigenvalue weighted by molar-refractivity contribution is 0.171. The number of hydrogen-bond donors (Lipinski definition) is 2. The molecule has 1 fully saturated rings. The van der Waals surface area contributed by atoms with E-state index in [4.69, 9.17) is 21.7 Å². The Morgan fingerprint density at radius 3 is 2.71 bits per heavy atom. The molecule has 0 unspecified atom stereocenters. The zero-order chi connectivity index (χ0) is 16.1. The average Bonchev–Trinajstić information content (AvgIpc) is 3.22. The second-order valence-corrected chi connectivity index (χ2v) is 6.39. The van der Waals surface area contributed by atoms with E-state index in [1.54, 1.807) is 0 Å². The molecule has 0 bridgehead atoms. The van der Waals surface area contributed by atoms with Crippen molar-refractivity contribution < 1.29 is 9.47 Å². The minimum Gasteiger partial charge on any atom is -0.486 e. The highest BCUT2D eigenvalue weighted by Gasteiger charge is 2.26.